The first-order valence-corrected chi connectivity index (χ1v) is 8.28. The fraction of sp³-hybridized carbons (Fsp3) is 0.375. The number of hydrogen-bond acceptors (Lipinski definition) is 5. The van der Waals surface area contributed by atoms with Crippen molar-refractivity contribution in [2.75, 3.05) is 13.1 Å². The molecule has 0 radical (unpaired) electrons. The molecule has 1 saturated heterocycles. The van der Waals surface area contributed by atoms with Crippen LogP contribution in [0.25, 0.3) is 10.9 Å². The third-order valence-electron chi connectivity index (χ3n) is 4.24. The molecule has 0 bridgehead atoms. The molecule has 2 aromatic rings. The first kappa shape index (κ1) is 16.6. The molecule has 1 atom stereocenters. The number of nitrogens with one attached hydrogen (secondary N) is 1. The minimum absolute atomic E-state index is 0.0890. The number of H-pyrrole nitrogens is 1. The van der Waals surface area contributed by atoms with E-state index in [-0.39, 0.29) is 11.2 Å². The highest BCUT2D eigenvalue weighted by Gasteiger charge is 2.21. The summed E-state index contributed by atoms with van der Waals surface area (Å²) in [5.41, 5.74) is 20.7. The summed E-state index contributed by atoms with van der Waals surface area (Å²) in [7, 11) is 0. The maximum Gasteiger partial charge on any atom is 0.166 e. The molecule has 0 aliphatic carbocycles. The summed E-state index contributed by atoms with van der Waals surface area (Å²) in [4.78, 5) is 6.47. The van der Waals surface area contributed by atoms with Gasteiger partial charge in [0.25, 0.3) is 0 Å². The van der Waals surface area contributed by atoms with Crippen molar-refractivity contribution in [2.24, 2.45) is 22.2 Å². The number of halogens is 1. The molecule has 1 aliphatic heterocycles. The number of hydrogen-bond donors (Lipinski definition) is 4. The van der Waals surface area contributed by atoms with Gasteiger partial charge in [0.1, 0.15) is 11.0 Å². The molecule has 8 heteroatoms. The van der Waals surface area contributed by atoms with Gasteiger partial charge in [-0.05, 0) is 38.0 Å². The number of amidine groups is 1. The minimum atomic E-state index is 0.0890. The lowest BCUT2D eigenvalue weighted by Crippen LogP contribution is -2.42. The summed E-state index contributed by atoms with van der Waals surface area (Å²) in [6.45, 7) is 3.44. The van der Waals surface area contributed by atoms with Crippen LogP contribution in [0.5, 0.6) is 0 Å². The normalized spacial score (nSPS) is 20.4. The van der Waals surface area contributed by atoms with Crippen molar-refractivity contribution in [2.45, 2.75) is 25.8 Å². The van der Waals surface area contributed by atoms with E-state index >= 15 is 0 Å². The molecular formula is C16H22ClN7. The maximum atomic E-state index is 6.20. The predicted molar refractivity (Wildman–Crippen MR) is 97.4 cm³/mol. The maximum absolute atomic E-state index is 6.20. The number of aliphatic imine (C=N–C) groups is 1. The Morgan fingerprint density at radius 2 is 2.21 bits per heavy atom. The van der Waals surface area contributed by atoms with Crippen LogP contribution in [0.15, 0.2) is 34.2 Å². The summed E-state index contributed by atoms with van der Waals surface area (Å²) >= 11 is 6.06. The second-order valence-electron chi connectivity index (χ2n) is 6.10. The van der Waals surface area contributed by atoms with Crippen LogP contribution in [0.1, 0.15) is 24.1 Å². The molecule has 7 nitrogen and oxygen atoms in total. The van der Waals surface area contributed by atoms with Gasteiger partial charge in [-0.1, -0.05) is 11.6 Å². The molecule has 1 aliphatic rings. The highest BCUT2D eigenvalue weighted by atomic mass is 35.5. The second kappa shape index (κ2) is 6.70. The molecule has 0 saturated carbocycles. The quantitative estimate of drug-likeness (QED) is 0.379. The molecule has 7 N–H and O–H groups in total. The third kappa shape index (κ3) is 3.32. The number of nitrogens with zero attached hydrogens (tertiary/aromatic N) is 3. The summed E-state index contributed by atoms with van der Waals surface area (Å²) in [5, 5.41) is 8.29. The van der Waals surface area contributed by atoms with Crippen molar-refractivity contribution in [1.82, 2.24) is 15.1 Å². The van der Waals surface area contributed by atoms with E-state index in [0.717, 1.165) is 41.5 Å². The first-order chi connectivity index (χ1) is 11.5. The Hall–Kier alpha value is -2.25. The Morgan fingerprint density at radius 1 is 1.42 bits per heavy atom. The highest BCUT2D eigenvalue weighted by molar-refractivity contribution is 6.29. The van der Waals surface area contributed by atoms with E-state index in [2.05, 4.69) is 15.2 Å². The smallest absolute Gasteiger partial charge is 0.166 e. The largest absolute Gasteiger partial charge is 0.386 e. The highest BCUT2D eigenvalue weighted by Crippen LogP contribution is 2.20. The number of nitrogens with two attached hydrogens (primary N) is 3. The van der Waals surface area contributed by atoms with Crippen LogP contribution in [0, 0.1) is 6.92 Å². The Morgan fingerprint density at radius 3 is 2.92 bits per heavy atom. The van der Waals surface area contributed by atoms with Gasteiger partial charge in [-0.3, -0.25) is 5.10 Å². The van der Waals surface area contributed by atoms with E-state index in [1.165, 1.54) is 0 Å². The first-order valence-electron chi connectivity index (χ1n) is 7.90. The van der Waals surface area contributed by atoms with Gasteiger partial charge in [0, 0.05) is 35.8 Å². The fourth-order valence-corrected chi connectivity index (χ4v) is 3.12. The molecule has 1 fully saturated rings. The monoisotopic (exact) mass is 347 g/mol. The Balaban J connectivity index is 1.93. The molecular weight excluding hydrogens is 326 g/mol. The van der Waals surface area contributed by atoms with Gasteiger partial charge < -0.3 is 22.1 Å². The van der Waals surface area contributed by atoms with Crippen molar-refractivity contribution < 1.29 is 0 Å². The summed E-state index contributed by atoms with van der Waals surface area (Å²) in [6.07, 6.45) is 1.96. The number of aromatic nitrogens is 2. The van der Waals surface area contributed by atoms with Crippen molar-refractivity contribution >= 4 is 28.3 Å². The number of fused-ring (bicyclic) bond motifs is 1. The summed E-state index contributed by atoms with van der Waals surface area (Å²) < 4.78 is 0. The van der Waals surface area contributed by atoms with E-state index in [1.54, 1.807) is 0 Å². The molecule has 3 rings (SSSR count). The molecule has 128 valence electrons. The lowest BCUT2D eigenvalue weighted by Gasteiger charge is -2.32. The Bertz CT molecular complexity index is 804. The molecule has 0 amide bonds. The number of rotatable bonds is 3. The topological polar surface area (TPSA) is 122 Å². The van der Waals surface area contributed by atoms with Crippen LogP contribution < -0.4 is 17.2 Å². The van der Waals surface area contributed by atoms with Gasteiger partial charge in [-0.25, -0.2) is 4.99 Å². The van der Waals surface area contributed by atoms with Crippen LogP contribution in [-0.2, 0) is 0 Å². The zero-order valence-corrected chi connectivity index (χ0v) is 14.3. The zero-order chi connectivity index (χ0) is 17.3. The number of aromatic amines is 1. The van der Waals surface area contributed by atoms with Crippen LogP contribution in [0.2, 0.25) is 0 Å². The standard InChI is InChI=1S/C16H22ClN7/c1-9-12-7-10(4-5-13(12)23-22-9)15(20)21-16(14(17)19)24-6-2-3-11(18)8-24/h4-5,7,11H,2-3,6,8,18-19H2,1H3,(H2,20,21)(H,22,23)/b16-14+. The molecule has 1 unspecified atom stereocenters. The van der Waals surface area contributed by atoms with Gasteiger partial charge in [-0.2, -0.15) is 5.10 Å². The van der Waals surface area contributed by atoms with Gasteiger partial charge in [0.2, 0.25) is 0 Å². The van der Waals surface area contributed by atoms with Crippen molar-refractivity contribution in [1.29, 1.82) is 0 Å². The SMILES string of the molecule is Cc1[nH]nc2ccc(/C(N)=N/C(=C(\N)Cl)N3CCCC(N)C3)cc12. The predicted octanol–water partition coefficient (Wildman–Crippen LogP) is 1.32. The van der Waals surface area contributed by atoms with Crippen LogP contribution >= 0.6 is 11.6 Å². The van der Waals surface area contributed by atoms with E-state index in [9.17, 15) is 0 Å². The zero-order valence-electron chi connectivity index (χ0n) is 13.6. The lowest BCUT2D eigenvalue weighted by molar-refractivity contribution is 0.256. The third-order valence-corrected chi connectivity index (χ3v) is 4.41. The Kier molecular flexibility index (Phi) is 4.64. The fourth-order valence-electron chi connectivity index (χ4n) is 2.95. The van der Waals surface area contributed by atoms with Crippen molar-refractivity contribution in [3.8, 4) is 0 Å². The van der Waals surface area contributed by atoms with Crippen LogP contribution in [0.3, 0.4) is 0 Å². The molecule has 1 aromatic carbocycles. The summed E-state index contributed by atoms with van der Waals surface area (Å²) in [5.74, 6) is 0.837. The second-order valence-corrected chi connectivity index (χ2v) is 6.50. The minimum Gasteiger partial charge on any atom is -0.386 e. The van der Waals surface area contributed by atoms with E-state index in [1.807, 2.05) is 30.0 Å². The lowest BCUT2D eigenvalue weighted by atomic mass is 10.1. The van der Waals surface area contributed by atoms with E-state index in [0.29, 0.717) is 18.2 Å². The number of likely N-dealkylation sites (tertiary alicyclic amines) is 1. The van der Waals surface area contributed by atoms with Gasteiger partial charge >= 0.3 is 0 Å². The van der Waals surface area contributed by atoms with Gasteiger partial charge in [0.15, 0.2) is 5.82 Å². The van der Waals surface area contributed by atoms with Crippen molar-refractivity contribution in [3.63, 3.8) is 0 Å². The summed E-state index contributed by atoms with van der Waals surface area (Å²) in [6, 6.07) is 5.83. The molecule has 1 aromatic heterocycles. The molecule has 0 spiro atoms. The van der Waals surface area contributed by atoms with Crippen LogP contribution in [-0.4, -0.2) is 40.1 Å². The van der Waals surface area contributed by atoms with E-state index < -0.39 is 0 Å². The number of piperidine rings is 1. The van der Waals surface area contributed by atoms with Gasteiger partial charge in [0.05, 0.1) is 5.52 Å². The average molecular weight is 348 g/mol. The van der Waals surface area contributed by atoms with Gasteiger partial charge in [-0.15, -0.1) is 0 Å². The average Bonchev–Trinajstić information content (AvgIpc) is 2.93. The van der Waals surface area contributed by atoms with Crippen LogP contribution in [0.4, 0.5) is 0 Å². The molecule has 2 heterocycles. The number of benzene rings is 1. The number of aryl methyl sites for hydroxylation is 1. The molecule has 24 heavy (non-hydrogen) atoms. The van der Waals surface area contributed by atoms with E-state index in [4.69, 9.17) is 28.8 Å². The Labute approximate surface area is 145 Å². The van der Waals surface area contributed by atoms with Crippen molar-refractivity contribution in [3.05, 3.63) is 40.4 Å².